The van der Waals surface area contributed by atoms with Gasteiger partial charge in [-0.15, -0.1) is 0 Å². The summed E-state index contributed by atoms with van der Waals surface area (Å²) < 4.78 is 5.34. The summed E-state index contributed by atoms with van der Waals surface area (Å²) in [4.78, 5) is 37.9. The van der Waals surface area contributed by atoms with Crippen molar-refractivity contribution in [3.05, 3.63) is 23.7 Å². The molecule has 0 atom stereocenters. The fourth-order valence-electron chi connectivity index (χ4n) is 2.34. The van der Waals surface area contributed by atoms with Gasteiger partial charge in [0.05, 0.1) is 0 Å². The number of rotatable bonds is 4. The molecule has 0 radical (unpaired) electrons. The van der Waals surface area contributed by atoms with Crippen LogP contribution >= 0.6 is 0 Å². The number of imide groups is 1. The molecule has 3 N–H and O–H groups in total. The van der Waals surface area contributed by atoms with Gasteiger partial charge in [-0.05, 0) is 19.1 Å². The minimum Gasteiger partial charge on any atom is -0.456 e. The van der Waals surface area contributed by atoms with E-state index in [0.29, 0.717) is 44.2 Å². The molecule has 1 aliphatic heterocycles. The molecule has 1 aromatic heterocycles. The van der Waals surface area contributed by atoms with Crippen LogP contribution in [0.15, 0.2) is 16.5 Å². The zero-order chi connectivity index (χ0) is 16.1. The quantitative estimate of drug-likeness (QED) is 0.809. The Morgan fingerprint density at radius 1 is 1.23 bits per heavy atom. The molecule has 0 bridgehead atoms. The van der Waals surface area contributed by atoms with Gasteiger partial charge in [-0.1, -0.05) is 0 Å². The molecule has 0 spiro atoms. The maximum absolute atomic E-state index is 12.2. The molecule has 1 saturated heterocycles. The van der Waals surface area contributed by atoms with Crippen molar-refractivity contribution in [2.45, 2.75) is 13.3 Å². The minimum absolute atomic E-state index is 0.112. The fraction of sp³-hybridized carbons (Fsp3) is 0.500. The van der Waals surface area contributed by atoms with Crippen molar-refractivity contribution >= 4 is 17.8 Å². The van der Waals surface area contributed by atoms with E-state index < -0.39 is 11.9 Å². The Hall–Kier alpha value is -2.35. The van der Waals surface area contributed by atoms with Gasteiger partial charge in [-0.2, -0.15) is 0 Å². The van der Waals surface area contributed by atoms with Crippen LogP contribution in [0.1, 0.15) is 22.7 Å². The van der Waals surface area contributed by atoms with Crippen molar-refractivity contribution in [1.82, 2.24) is 15.1 Å². The summed E-state index contributed by atoms with van der Waals surface area (Å²) in [5.74, 6) is 0.561. The van der Waals surface area contributed by atoms with E-state index in [-0.39, 0.29) is 12.3 Å². The van der Waals surface area contributed by atoms with Crippen LogP contribution in [0.2, 0.25) is 0 Å². The number of nitrogens with two attached hydrogens (primary N) is 1. The van der Waals surface area contributed by atoms with Gasteiger partial charge >= 0.3 is 6.03 Å². The third-order valence-electron chi connectivity index (χ3n) is 3.53. The Labute approximate surface area is 128 Å². The molecular weight excluding hydrogens is 288 g/mol. The molecule has 8 heteroatoms. The molecule has 22 heavy (non-hydrogen) atoms. The highest BCUT2D eigenvalue weighted by Gasteiger charge is 2.24. The number of primary amides is 1. The number of aryl methyl sites for hydroxylation is 1. The van der Waals surface area contributed by atoms with Crippen LogP contribution < -0.4 is 11.1 Å². The van der Waals surface area contributed by atoms with E-state index in [1.165, 1.54) is 0 Å². The monoisotopic (exact) mass is 308 g/mol. The van der Waals surface area contributed by atoms with Gasteiger partial charge in [0.25, 0.3) is 5.91 Å². The Balaban J connectivity index is 1.75. The predicted octanol–water partition coefficient (Wildman–Crippen LogP) is -0.0692. The number of furan rings is 1. The van der Waals surface area contributed by atoms with Gasteiger partial charge in [-0.3, -0.25) is 19.8 Å². The van der Waals surface area contributed by atoms with Crippen LogP contribution in [0.3, 0.4) is 0 Å². The number of piperazine rings is 1. The zero-order valence-electron chi connectivity index (χ0n) is 12.5. The van der Waals surface area contributed by atoms with Crippen molar-refractivity contribution in [2.75, 3.05) is 32.7 Å². The van der Waals surface area contributed by atoms with E-state index in [9.17, 15) is 14.4 Å². The fourth-order valence-corrected chi connectivity index (χ4v) is 2.34. The Morgan fingerprint density at radius 2 is 1.91 bits per heavy atom. The average molecular weight is 308 g/mol. The van der Waals surface area contributed by atoms with E-state index in [2.05, 4.69) is 4.90 Å². The number of urea groups is 1. The van der Waals surface area contributed by atoms with Crippen LogP contribution in [-0.4, -0.2) is 60.4 Å². The topological polar surface area (TPSA) is 109 Å². The minimum atomic E-state index is -0.839. The summed E-state index contributed by atoms with van der Waals surface area (Å²) in [6.45, 7) is 4.84. The number of carbonyl (C=O) groups excluding carboxylic acids is 3. The van der Waals surface area contributed by atoms with Crippen LogP contribution in [0.5, 0.6) is 0 Å². The molecule has 1 aliphatic rings. The predicted molar refractivity (Wildman–Crippen MR) is 78.1 cm³/mol. The third kappa shape index (κ3) is 4.32. The smallest absolute Gasteiger partial charge is 0.318 e. The van der Waals surface area contributed by atoms with Crippen LogP contribution in [-0.2, 0) is 4.79 Å². The lowest BCUT2D eigenvalue weighted by atomic mass is 10.2. The average Bonchev–Trinajstić information content (AvgIpc) is 2.91. The van der Waals surface area contributed by atoms with Crippen LogP contribution in [0.4, 0.5) is 4.79 Å². The van der Waals surface area contributed by atoms with Gasteiger partial charge in [0.1, 0.15) is 5.76 Å². The maximum Gasteiger partial charge on any atom is 0.318 e. The van der Waals surface area contributed by atoms with Crippen molar-refractivity contribution in [3.63, 3.8) is 0 Å². The second-order valence-corrected chi connectivity index (χ2v) is 5.21. The molecule has 2 rings (SSSR count). The van der Waals surface area contributed by atoms with E-state index in [1.807, 2.05) is 5.32 Å². The van der Waals surface area contributed by atoms with Gasteiger partial charge in [0.15, 0.2) is 5.76 Å². The highest BCUT2D eigenvalue weighted by molar-refractivity contribution is 5.93. The van der Waals surface area contributed by atoms with Crippen molar-refractivity contribution in [1.29, 1.82) is 0 Å². The Kier molecular flexibility index (Phi) is 5.16. The van der Waals surface area contributed by atoms with E-state index in [0.717, 1.165) is 0 Å². The number of amides is 4. The highest BCUT2D eigenvalue weighted by atomic mass is 16.3. The third-order valence-corrected chi connectivity index (χ3v) is 3.53. The largest absolute Gasteiger partial charge is 0.456 e. The molecule has 0 saturated carbocycles. The first-order valence-electron chi connectivity index (χ1n) is 7.13. The summed E-state index contributed by atoms with van der Waals surface area (Å²) in [6, 6.07) is 2.60. The second kappa shape index (κ2) is 7.08. The number of hydrogen-bond donors (Lipinski definition) is 2. The lowest BCUT2D eigenvalue weighted by Crippen LogP contribution is -2.49. The molecule has 0 aliphatic carbocycles. The van der Waals surface area contributed by atoms with Crippen LogP contribution in [0.25, 0.3) is 0 Å². The SMILES string of the molecule is Cc1ccc(C(=O)N2CCN(CCC(=O)NC(N)=O)CC2)o1. The number of hydrogen-bond acceptors (Lipinski definition) is 5. The van der Waals surface area contributed by atoms with Crippen molar-refractivity contribution in [3.8, 4) is 0 Å². The number of nitrogens with one attached hydrogen (secondary N) is 1. The molecule has 4 amide bonds. The summed E-state index contributed by atoms with van der Waals surface area (Å²) in [6.07, 6.45) is 0.203. The van der Waals surface area contributed by atoms with E-state index >= 15 is 0 Å². The number of nitrogens with zero attached hydrogens (tertiary/aromatic N) is 2. The van der Waals surface area contributed by atoms with Gasteiger partial charge in [-0.25, -0.2) is 4.79 Å². The molecular formula is C14H20N4O4. The highest BCUT2D eigenvalue weighted by Crippen LogP contribution is 2.12. The lowest BCUT2D eigenvalue weighted by Gasteiger charge is -2.34. The zero-order valence-corrected chi connectivity index (χ0v) is 12.5. The molecule has 1 aromatic rings. The first kappa shape index (κ1) is 16.0. The molecule has 8 nitrogen and oxygen atoms in total. The summed E-state index contributed by atoms with van der Waals surface area (Å²) >= 11 is 0. The van der Waals surface area contributed by atoms with Crippen LogP contribution in [0, 0.1) is 6.92 Å². The molecule has 1 fully saturated rings. The Bertz CT molecular complexity index is 561. The van der Waals surface area contributed by atoms with Crippen molar-refractivity contribution in [2.24, 2.45) is 5.73 Å². The van der Waals surface area contributed by atoms with E-state index in [1.54, 1.807) is 24.0 Å². The molecule has 0 unspecified atom stereocenters. The number of carbonyl (C=O) groups is 3. The molecule has 2 heterocycles. The first-order valence-corrected chi connectivity index (χ1v) is 7.13. The van der Waals surface area contributed by atoms with Gasteiger partial charge in [0, 0.05) is 39.1 Å². The van der Waals surface area contributed by atoms with Gasteiger partial charge < -0.3 is 15.1 Å². The van der Waals surface area contributed by atoms with Crippen molar-refractivity contribution < 1.29 is 18.8 Å². The first-order chi connectivity index (χ1) is 10.5. The summed E-state index contributed by atoms with van der Waals surface area (Å²) in [5, 5.41) is 2.03. The molecule has 0 aromatic carbocycles. The standard InChI is InChI=1S/C14H20N4O4/c1-10-2-3-11(22-10)13(20)18-8-6-17(7-9-18)5-4-12(19)16-14(15)21/h2-3H,4-9H2,1H3,(H3,15,16,19,21). The van der Waals surface area contributed by atoms with E-state index in [4.69, 9.17) is 10.2 Å². The lowest BCUT2D eigenvalue weighted by molar-refractivity contribution is -0.120. The second-order valence-electron chi connectivity index (χ2n) is 5.21. The maximum atomic E-state index is 12.2. The van der Waals surface area contributed by atoms with Gasteiger partial charge in [0.2, 0.25) is 5.91 Å². The molecule has 120 valence electrons. The summed E-state index contributed by atoms with van der Waals surface area (Å²) in [5.41, 5.74) is 4.87. The Morgan fingerprint density at radius 3 is 2.45 bits per heavy atom. The normalized spacial score (nSPS) is 15.6. The summed E-state index contributed by atoms with van der Waals surface area (Å²) in [7, 11) is 0.